The van der Waals surface area contributed by atoms with E-state index in [0.717, 1.165) is 9.87 Å². The predicted octanol–water partition coefficient (Wildman–Crippen LogP) is 1.73. The molecule has 1 aromatic rings. The highest BCUT2D eigenvalue weighted by atomic mass is 79.9. The van der Waals surface area contributed by atoms with Crippen molar-refractivity contribution in [2.75, 3.05) is 6.54 Å². The van der Waals surface area contributed by atoms with Crippen LogP contribution in [0.15, 0.2) is 26.0 Å². The number of β-amino-alcohol motifs (C(OH)–C–C–N with tert-alkyl or cyclic N) is 1. The van der Waals surface area contributed by atoms with Gasteiger partial charge in [-0.1, -0.05) is 15.9 Å². The van der Waals surface area contributed by atoms with Gasteiger partial charge in [-0.15, -0.1) is 0 Å². The molecule has 1 unspecified atom stereocenters. The molecule has 1 aromatic carbocycles. The molecule has 0 amide bonds. The third-order valence-electron chi connectivity index (χ3n) is 3.32. The molecule has 0 aliphatic carbocycles. The van der Waals surface area contributed by atoms with Gasteiger partial charge in [0, 0.05) is 21.9 Å². The van der Waals surface area contributed by atoms with Gasteiger partial charge in [-0.05, 0) is 40.5 Å². The van der Waals surface area contributed by atoms with Crippen LogP contribution in [-0.2, 0) is 14.8 Å². The molecule has 1 heterocycles. The summed E-state index contributed by atoms with van der Waals surface area (Å²) < 4.78 is 27.2. The Balaban J connectivity index is 2.52. The number of hydrogen-bond donors (Lipinski definition) is 2. The number of aliphatic carboxylic acids is 1. The van der Waals surface area contributed by atoms with Crippen LogP contribution in [-0.4, -0.2) is 47.6 Å². The lowest BCUT2D eigenvalue weighted by atomic mass is 10.2. The van der Waals surface area contributed by atoms with Crippen molar-refractivity contribution in [3.05, 3.63) is 26.6 Å². The Morgan fingerprint density at radius 1 is 1.33 bits per heavy atom. The van der Waals surface area contributed by atoms with Crippen molar-refractivity contribution in [2.24, 2.45) is 0 Å². The summed E-state index contributed by atoms with van der Waals surface area (Å²) in [4.78, 5) is 11.2. The number of nitrogens with zero attached hydrogens (tertiary/aromatic N) is 1. The van der Waals surface area contributed by atoms with Crippen molar-refractivity contribution in [3.8, 4) is 0 Å². The SMILES string of the molecule is Cc1cc(Br)c(S(=O)(=O)N2CC(O)C[C@H]2C(=O)O)cc1Br. The lowest BCUT2D eigenvalue weighted by molar-refractivity contribution is -0.140. The van der Waals surface area contributed by atoms with E-state index in [0.29, 0.717) is 8.95 Å². The minimum Gasteiger partial charge on any atom is -0.480 e. The molecule has 0 radical (unpaired) electrons. The van der Waals surface area contributed by atoms with Gasteiger partial charge in [0.25, 0.3) is 0 Å². The summed E-state index contributed by atoms with van der Waals surface area (Å²) in [5, 5.41) is 18.7. The predicted molar refractivity (Wildman–Crippen MR) is 82.5 cm³/mol. The molecule has 9 heteroatoms. The second-order valence-corrected chi connectivity index (χ2v) is 8.42. The van der Waals surface area contributed by atoms with Gasteiger partial charge >= 0.3 is 5.97 Å². The van der Waals surface area contributed by atoms with Gasteiger partial charge in [0.15, 0.2) is 0 Å². The van der Waals surface area contributed by atoms with Gasteiger partial charge in [-0.25, -0.2) is 8.42 Å². The van der Waals surface area contributed by atoms with E-state index in [4.69, 9.17) is 5.11 Å². The molecule has 1 aliphatic heterocycles. The molecule has 1 saturated heterocycles. The molecule has 0 bridgehead atoms. The van der Waals surface area contributed by atoms with Crippen molar-refractivity contribution in [1.29, 1.82) is 0 Å². The third kappa shape index (κ3) is 3.16. The first-order valence-corrected chi connectivity index (χ1v) is 9.05. The van der Waals surface area contributed by atoms with Crippen LogP contribution >= 0.6 is 31.9 Å². The fourth-order valence-corrected chi connectivity index (χ4v) is 5.50. The van der Waals surface area contributed by atoms with E-state index in [1.54, 1.807) is 6.07 Å². The van der Waals surface area contributed by atoms with Crippen molar-refractivity contribution in [3.63, 3.8) is 0 Å². The maximum absolute atomic E-state index is 12.7. The van der Waals surface area contributed by atoms with E-state index in [1.165, 1.54) is 6.07 Å². The summed E-state index contributed by atoms with van der Waals surface area (Å²) >= 11 is 6.47. The lowest BCUT2D eigenvalue weighted by Gasteiger charge is -2.21. The summed E-state index contributed by atoms with van der Waals surface area (Å²) in [5.41, 5.74) is 0.845. The lowest BCUT2D eigenvalue weighted by Crippen LogP contribution is -2.40. The Hall–Kier alpha value is -0.480. The van der Waals surface area contributed by atoms with Gasteiger partial charge < -0.3 is 10.2 Å². The highest BCUT2D eigenvalue weighted by Gasteiger charge is 2.44. The zero-order valence-corrected chi connectivity index (χ0v) is 14.9. The molecule has 116 valence electrons. The van der Waals surface area contributed by atoms with Gasteiger partial charge in [-0.3, -0.25) is 4.79 Å². The number of aryl methyl sites for hydroxylation is 1. The van der Waals surface area contributed by atoms with Gasteiger partial charge in [0.05, 0.1) is 11.0 Å². The number of sulfonamides is 1. The Kier molecular flexibility index (Phi) is 4.79. The maximum Gasteiger partial charge on any atom is 0.322 e. The van der Waals surface area contributed by atoms with Crippen LogP contribution in [0, 0.1) is 6.92 Å². The molecule has 0 spiro atoms. The smallest absolute Gasteiger partial charge is 0.322 e. The average molecular weight is 443 g/mol. The minimum absolute atomic E-state index is 0.0275. The average Bonchev–Trinajstić information content (AvgIpc) is 2.76. The van der Waals surface area contributed by atoms with Crippen LogP contribution in [0.2, 0.25) is 0 Å². The number of rotatable bonds is 3. The molecule has 6 nitrogen and oxygen atoms in total. The quantitative estimate of drug-likeness (QED) is 0.743. The van der Waals surface area contributed by atoms with Crippen molar-refractivity contribution in [1.82, 2.24) is 4.31 Å². The van der Waals surface area contributed by atoms with Gasteiger partial charge in [-0.2, -0.15) is 4.31 Å². The second-order valence-electron chi connectivity index (χ2n) is 4.85. The molecule has 1 fully saturated rings. The van der Waals surface area contributed by atoms with E-state index >= 15 is 0 Å². The molecule has 1 aliphatic rings. The largest absolute Gasteiger partial charge is 0.480 e. The molecule has 21 heavy (non-hydrogen) atoms. The Morgan fingerprint density at radius 2 is 1.95 bits per heavy atom. The molecular formula is C12H13Br2NO5S. The van der Waals surface area contributed by atoms with Crippen molar-refractivity contribution in [2.45, 2.75) is 30.4 Å². The van der Waals surface area contributed by atoms with E-state index < -0.39 is 28.1 Å². The van der Waals surface area contributed by atoms with Gasteiger partial charge in [0.1, 0.15) is 6.04 Å². The topological polar surface area (TPSA) is 94.9 Å². The number of carbonyl (C=O) groups is 1. The Labute approximate surface area is 139 Å². The fourth-order valence-electron chi connectivity index (χ4n) is 2.23. The van der Waals surface area contributed by atoms with Crippen molar-refractivity contribution >= 4 is 47.9 Å². The molecule has 0 aromatic heterocycles. The first-order chi connectivity index (χ1) is 9.64. The molecular weight excluding hydrogens is 430 g/mol. The van der Waals surface area contributed by atoms with Crippen LogP contribution < -0.4 is 0 Å². The Morgan fingerprint density at radius 3 is 2.52 bits per heavy atom. The molecule has 2 atom stereocenters. The Bertz CT molecular complexity index is 691. The minimum atomic E-state index is -4.02. The van der Waals surface area contributed by atoms with E-state index in [9.17, 15) is 18.3 Å². The number of hydrogen-bond acceptors (Lipinski definition) is 4. The number of aliphatic hydroxyl groups is 1. The zero-order valence-electron chi connectivity index (χ0n) is 11.0. The fraction of sp³-hybridized carbons (Fsp3) is 0.417. The van der Waals surface area contributed by atoms with Crippen LogP contribution in [0.3, 0.4) is 0 Å². The number of halogens is 2. The molecule has 2 N–H and O–H groups in total. The normalized spacial score (nSPS) is 23.4. The van der Waals surface area contributed by atoms with E-state index in [-0.39, 0.29) is 17.9 Å². The van der Waals surface area contributed by atoms with Crippen LogP contribution in [0.1, 0.15) is 12.0 Å². The molecule has 2 rings (SSSR count). The standard InChI is InChI=1S/C12H13Br2NO5S/c1-6-2-9(14)11(4-8(6)13)21(19,20)15-5-7(16)3-10(15)12(17)18/h2,4,7,10,16H,3,5H2,1H3,(H,17,18)/t7?,10-/m0/s1. The van der Waals surface area contributed by atoms with E-state index in [2.05, 4.69) is 31.9 Å². The number of carboxylic acids is 1. The monoisotopic (exact) mass is 441 g/mol. The summed E-state index contributed by atoms with van der Waals surface area (Å²) in [6.45, 7) is 1.59. The summed E-state index contributed by atoms with van der Waals surface area (Å²) in [6, 6.07) is 1.81. The van der Waals surface area contributed by atoms with Crippen molar-refractivity contribution < 1.29 is 23.4 Å². The summed E-state index contributed by atoms with van der Waals surface area (Å²) in [6.07, 6.45) is -1.09. The number of benzene rings is 1. The zero-order chi connectivity index (χ0) is 15.9. The van der Waals surface area contributed by atoms with Gasteiger partial charge in [0.2, 0.25) is 10.0 Å². The second kappa shape index (κ2) is 5.96. The summed E-state index contributed by atoms with van der Waals surface area (Å²) in [5.74, 6) is -1.27. The molecule has 0 saturated carbocycles. The third-order valence-corrected chi connectivity index (χ3v) is 7.01. The summed E-state index contributed by atoms with van der Waals surface area (Å²) in [7, 11) is -4.02. The maximum atomic E-state index is 12.7. The number of aliphatic hydroxyl groups excluding tert-OH is 1. The van der Waals surface area contributed by atoms with Crippen LogP contribution in [0.25, 0.3) is 0 Å². The first-order valence-electron chi connectivity index (χ1n) is 6.03. The van der Waals surface area contributed by atoms with Crippen LogP contribution in [0.5, 0.6) is 0 Å². The highest BCUT2D eigenvalue weighted by molar-refractivity contribution is 9.11. The van der Waals surface area contributed by atoms with E-state index in [1.807, 2.05) is 6.92 Å². The highest BCUT2D eigenvalue weighted by Crippen LogP contribution is 2.34. The number of carboxylic acid groups (broad SMARTS) is 1. The first kappa shape index (κ1) is 16.9. The van der Waals surface area contributed by atoms with Crippen LogP contribution in [0.4, 0.5) is 0 Å².